The fourth-order valence-corrected chi connectivity index (χ4v) is 4.06. The summed E-state index contributed by atoms with van der Waals surface area (Å²) in [6.07, 6.45) is 7.33. The second-order valence-corrected chi connectivity index (χ2v) is 8.18. The van der Waals surface area contributed by atoms with Crippen molar-refractivity contribution in [3.05, 3.63) is 52.6 Å². The number of ether oxygens (including phenoxy) is 3. The van der Waals surface area contributed by atoms with E-state index in [4.69, 9.17) is 19.9 Å². The summed E-state index contributed by atoms with van der Waals surface area (Å²) in [5, 5.41) is 0. The Hall–Kier alpha value is -2.75. The molecule has 0 bridgehead atoms. The molecule has 1 saturated carbocycles. The summed E-state index contributed by atoms with van der Waals surface area (Å²) in [7, 11) is 0. The third-order valence-corrected chi connectivity index (χ3v) is 5.75. The van der Waals surface area contributed by atoms with Crippen LogP contribution in [0.15, 0.2) is 41.5 Å². The highest BCUT2D eigenvalue weighted by Gasteiger charge is 2.20. The number of nitrogens with zero attached hydrogens (tertiary/aromatic N) is 3. The van der Waals surface area contributed by atoms with Gasteiger partial charge in [-0.3, -0.25) is 14.3 Å². The van der Waals surface area contributed by atoms with Crippen LogP contribution in [-0.4, -0.2) is 45.9 Å². The van der Waals surface area contributed by atoms with E-state index in [0.29, 0.717) is 44.6 Å². The van der Waals surface area contributed by atoms with E-state index < -0.39 is 6.23 Å². The van der Waals surface area contributed by atoms with Gasteiger partial charge in [-0.25, -0.2) is 4.98 Å². The van der Waals surface area contributed by atoms with E-state index in [1.165, 1.54) is 32.1 Å². The lowest BCUT2D eigenvalue weighted by molar-refractivity contribution is -0.0793. The Kier molecular flexibility index (Phi) is 7.87. The number of aromatic nitrogens is 4. The van der Waals surface area contributed by atoms with Crippen LogP contribution in [0.3, 0.4) is 0 Å². The molecule has 9 nitrogen and oxygen atoms in total. The quantitative estimate of drug-likeness (QED) is 0.439. The number of hydrogen-bond acceptors (Lipinski definition) is 7. The first kappa shape index (κ1) is 22.4. The van der Waals surface area contributed by atoms with Crippen molar-refractivity contribution in [3.8, 4) is 0 Å². The number of rotatable bonds is 11. The molecule has 0 saturated heterocycles. The molecule has 1 atom stereocenters. The van der Waals surface area contributed by atoms with E-state index in [1.54, 1.807) is 10.9 Å². The predicted molar refractivity (Wildman–Crippen MR) is 121 cm³/mol. The zero-order chi connectivity index (χ0) is 22.2. The lowest BCUT2D eigenvalue weighted by Crippen LogP contribution is -2.23. The lowest BCUT2D eigenvalue weighted by Gasteiger charge is -2.24. The van der Waals surface area contributed by atoms with Crippen molar-refractivity contribution in [1.82, 2.24) is 19.5 Å². The van der Waals surface area contributed by atoms with Crippen LogP contribution in [0, 0.1) is 5.92 Å². The molecular weight excluding hydrogens is 410 g/mol. The van der Waals surface area contributed by atoms with Gasteiger partial charge in [0.05, 0.1) is 32.8 Å². The Morgan fingerprint density at radius 1 is 1.12 bits per heavy atom. The molecule has 0 aliphatic heterocycles. The van der Waals surface area contributed by atoms with Crippen LogP contribution in [0.5, 0.6) is 0 Å². The van der Waals surface area contributed by atoms with Crippen LogP contribution in [-0.2, 0) is 20.8 Å². The third-order valence-electron chi connectivity index (χ3n) is 5.75. The summed E-state index contributed by atoms with van der Waals surface area (Å²) in [4.78, 5) is 23.1. The maximum atomic E-state index is 12.1. The van der Waals surface area contributed by atoms with Gasteiger partial charge in [-0.2, -0.15) is 4.98 Å². The molecule has 0 radical (unpaired) electrons. The Labute approximate surface area is 186 Å². The number of fused-ring (bicyclic) bond motifs is 1. The van der Waals surface area contributed by atoms with Gasteiger partial charge in [0.2, 0.25) is 5.95 Å². The third kappa shape index (κ3) is 5.93. The molecule has 1 unspecified atom stereocenters. The minimum absolute atomic E-state index is 0.0392. The standard InChI is InChI=1S/C23H31N5O4/c24-23-26-21-20(22(29)27-23)25-16-28(21)19(15-31-14-18-9-5-2-6-10-18)32-12-11-30-13-17-7-3-1-4-8-17/h1,3-4,7-8,16,18-19H,2,5-6,9-15H2,(H3,24,26,27,29). The number of benzene rings is 1. The highest BCUT2D eigenvalue weighted by molar-refractivity contribution is 5.70. The molecule has 4 rings (SSSR count). The average Bonchev–Trinajstić information content (AvgIpc) is 3.23. The summed E-state index contributed by atoms with van der Waals surface area (Å²) >= 11 is 0. The molecule has 1 fully saturated rings. The molecule has 0 spiro atoms. The largest absolute Gasteiger partial charge is 0.376 e. The first-order valence-electron chi connectivity index (χ1n) is 11.2. The molecule has 172 valence electrons. The van der Waals surface area contributed by atoms with Gasteiger partial charge in [0, 0.05) is 6.61 Å². The molecular formula is C23H31N5O4. The van der Waals surface area contributed by atoms with Gasteiger partial charge < -0.3 is 19.9 Å². The molecule has 1 aromatic carbocycles. The van der Waals surface area contributed by atoms with E-state index in [-0.39, 0.29) is 17.0 Å². The van der Waals surface area contributed by atoms with Crippen LogP contribution in [0.1, 0.15) is 43.9 Å². The number of hydrogen-bond donors (Lipinski definition) is 2. The van der Waals surface area contributed by atoms with Crippen molar-refractivity contribution < 1.29 is 14.2 Å². The van der Waals surface area contributed by atoms with Crippen LogP contribution in [0.2, 0.25) is 0 Å². The predicted octanol–water partition coefficient (Wildman–Crippen LogP) is 3.03. The van der Waals surface area contributed by atoms with E-state index >= 15 is 0 Å². The fourth-order valence-electron chi connectivity index (χ4n) is 4.06. The van der Waals surface area contributed by atoms with Gasteiger partial charge in [0.15, 0.2) is 17.4 Å². The molecule has 0 amide bonds. The molecule has 32 heavy (non-hydrogen) atoms. The number of imidazole rings is 1. The van der Waals surface area contributed by atoms with E-state index in [9.17, 15) is 4.79 Å². The van der Waals surface area contributed by atoms with Crippen LogP contribution in [0.25, 0.3) is 11.2 Å². The molecule has 2 heterocycles. The van der Waals surface area contributed by atoms with Gasteiger partial charge in [0.25, 0.3) is 5.56 Å². The van der Waals surface area contributed by atoms with E-state index in [2.05, 4.69) is 15.0 Å². The molecule has 3 N–H and O–H groups in total. The number of anilines is 1. The number of aromatic amines is 1. The fraction of sp³-hybridized carbons (Fsp3) is 0.522. The van der Waals surface area contributed by atoms with Gasteiger partial charge in [-0.05, 0) is 24.3 Å². The van der Waals surface area contributed by atoms with Gasteiger partial charge in [-0.15, -0.1) is 0 Å². The van der Waals surface area contributed by atoms with Crippen molar-refractivity contribution in [2.45, 2.75) is 44.9 Å². The van der Waals surface area contributed by atoms with E-state index in [0.717, 1.165) is 5.56 Å². The summed E-state index contributed by atoms with van der Waals surface area (Å²) < 4.78 is 19.6. The van der Waals surface area contributed by atoms with Crippen molar-refractivity contribution in [2.75, 3.05) is 32.2 Å². The van der Waals surface area contributed by atoms with Gasteiger partial charge in [0.1, 0.15) is 0 Å². The number of nitrogens with two attached hydrogens (primary N) is 1. The van der Waals surface area contributed by atoms with Crippen molar-refractivity contribution in [1.29, 1.82) is 0 Å². The number of nitrogen functional groups attached to an aromatic ring is 1. The Morgan fingerprint density at radius 3 is 2.75 bits per heavy atom. The highest BCUT2D eigenvalue weighted by atomic mass is 16.6. The molecule has 1 aliphatic rings. The van der Waals surface area contributed by atoms with Gasteiger partial charge >= 0.3 is 0 Å². The zero-order valence-corrected chi connectivity index (χ0v) is 18.2. The normalized spacial score (nSPS) is 15.9. The van der Waals surface area contributed by atoms with Crippen LogP contribution < -0.4 is 11.3 Å². The maximum Gasteiger partial charge on any atom is 0.280 e. The van der Waals surface area contributed by atoms with Crippen molar-refractivity contribution in [2.24, 2.45) is 5.92 Å². The van der Waals surface area contributed by atoms with Crippen LogP contribution >= 0.6 is 0 Å². The zero-order valence-electron chi connectivity index (χ0n) is 18.2. The number of nitrogens with one attached hydrogen (secondary N) is 1. The maximum absolute atomic E-state index is 12.1. The number of H-pyrrole nitrogens is 1. The minimum atomic E-state index is -0.488. The van der Waals surface area contributed by atoms with Crippen LogP contribution in [0.4, 0.5) is 5.95 Å². The summed E-state index contributed by atoms with van der Waals surface area (Å²) in [5.74, 6) is 0.632. The van der Waals surface area contributed by atoms with Gasteiger partial charge in [-0.1, -0.05) is 49.6 Å². The first-order valence-corrected chi connectivity index (χ1v) is 11.2. The first-order chi connectivity index (χ1) is 15.7. The van der Waals surface area contributed by atoms with E-state index in [1.807, 2.05) is 30.3 Å². The second kappa shape index (κ2) is 11.2. The lowest BCUT2D eigenvalue weighted by atomic mass is 9.90. The SMILES string of the molecule is Nc1nc2c(ncn2C(COCC2CCCCC2)OCCOCc2ccccc2)c(=O)[nH]1. The second-order valence-electron chi connectivity index (χ2n) is 8.18. The topological polar surface area (TPSA) is 117 Å². The Bertz CT molecular complexity index is 1030. The van der Waals surface area contributed by atoms with Crippen molar-refractivity contribution >= 4 is 17.1 Å². The molecule has 2 aromatic heterocycles. The molecule has 3 aromatic rings. The Morgan fingerprint density at radius 2 is 1.94 bits per heavy atom. The average molecular weight is 442 g/mol. The molecule has 9 heteroatoms. The monoisotopic (exact) mass is 441 g/mol. The summed E-state index contributed by atoms with van der Waals surface area (Å²) in [6.45, 7) is 2.34. The summed E-state index contributed by atoms with van der Waals surface area (Å²) in [5.41, 5.74) is 7.08. The molecule has 1 aliphatic carbocycles. The Balaban J connectivity index is 1.38. The summed E-state index contributed by atoms with van der Waals surface area (Å²) in [6, 6.07) is 9.99. The minimum Gasteiger partial charge on any atom is -0.376 e. The smallest absolute Gasteiger partial charge is 0.280 e. The highest BCUT2D eigenvalue weighted by Crippen LogP contribution is 2.24. The van der Waals surface area contributed by atoms with Crippen molar-refractivity contribution in [3.63, 3.8) is 0 Å².